The lowest BCUT2D eigenvalue weighted by molar-refractivity contribution is -0.142. The van der Waals surface area contributed by atoms with E-state index in [0.29, 0.717) is 13.1 Å². The molecule has 0 radical (unpaired) electrons. The van der Waals surface area contributed by atoms with Crippen molar-refractivity contribution in [2.45, 2.75) is 11.8 Å². The summed E-state index contributed by atoms with van der Waals surface area (Å²) in [5.74, 6) is -0.835. The maximum Gasteiger partial charge on any atom is 0.329 e. The summed E-state index contributed by atoms with van der Waals surface area (Å²) in [6, 6.07) is 0. The second-order valence-corrected chi connectivity index (χ2v) is 4.26. The molecule has 2 heterocycles. The molecule has 0 saturated heterocycles. The van der Waals surface area contributed by atoms with Crippen LogP contribution in [0.15, 0.2) is 24.1 Å². The standard InChI is InChI=1S/C10H16N4O3/c11-10(8(16)17)2-1-3-14(6-10)9-12-4-7(15)5-13-9/h1-2,4,9,12-13,15H,3,5-6,11H2,(H,16,17). The number of nitrogens with two attached hydrogens (primary N) is 1. The van der Waals surface area contributed by atoms with E-state index in [9.17, 15) is 9.90 Å². The SMILES string of the molecule is NC1(C(=O)O)C=CCN(C2NC=C(O)CN2)C1. The summed E-state index contributed by atoms with van der Waals surface area (Å²) in [7, 11) is 0. The highest BCUT2D eigenvalue weighted by molar-refractivity contribution is 5.81. The van der Waals surface area contributed by atoms with E-state index >= 15 is 0 Å². The number of aliphatic hydroxyl groups is 1. The Kier molecular flexibility index (Phi) is 3.05. The molecule has 94 valence electrons. The molecule has 7 heteroatoms. The highest BCUT2D eigenvalue weighted by Crippen LogP contribution is 2.14. The fourth-order valence-electron chi connectivity index (χ4n) is 1.91. The molecule has 2 aliphatic heterocycles. The van der Waals surface area contributed by atoms with E-state index in [1.165, 1.54) is 12.3 Å². The van der Waals surface area contributed by atoms with Crippen LogP contribution in [0.3, 0.4) is 0 Å². The number of carbonyl (C=O) groups is 1. The highest BCUT2D eigenvalue weighted by atomic mass is 16.4. The van der Waals surface area contributed by atoms with Crippen molar-refractivity contribution in [1.82, 2.24) is 15.5 Å². The van der Waals surface area contributed by atoms with Gasteiger partial charge in [-0.3, -0.25) is 10.2 Å². The molecule has 2 aliphatic rings. The topological polar surface area (TPSA) is 111 Å². The molecule has 0 aromatic heterocycles. The summed E-state index contributed by atoms with van der Waals surface area (Å²) in [6.07, 6.45) is 4.53. The third-order valence-electron chi connectivity index (χ3n) is 2.87. The summed E-state index contributed by atoms with van der Waals surface area (Å²) in [5, 5.41) is 24.2. The van der Waals surface area contributed by atoms with Crippen LogP contribution in [0.4, 0.5) is 0 Å². The lowest BCUT2D eigenvalue weighted by Crippen LogP contribution is -2.64. The van der Waals surface area contributed by atoms with Gasteiger partial charge in [0, 0.05) is 19.3 Å². The van der Waals surface area contributed by atoms with Crippen molar-refractivity contribution in [3.8, 4) is 0 Å². The molecule has 2 rings (SSSR count). The Morgan fingerprint density at radius 1 is 1.65 bits per heavy atom. The maximum absolute atomic E-state index is 11.1. The van der Waals surface area contributed by atoms with Crippen molar-refractivity contribution in [3.63, 3.8) is 0 Å². The molecule has 0 bridgehead atoms. The van der Waals surface area contributed by atoms with Gasteiger partial charge in [-0.15, -0.1) is 0 Å². The summed E-state index contributed by atoms with van der Waals surface area (Å²) in [4.78, 5) is 12.9. The van der Waals surface area contributed by atoms with Crippen molar-refractivity contribution in [2.24, 2.45) is 5.73 Å². The van der Waals surface area contributed by atoms with Crippen LogP contribution in [-0.2, 0) is 4.79 Å². The van der Waals surface area contributed by atoms with Crippen LogP contribution in [0.5, 0.6) is 0 Å². The second-order valence-electron chi connectivity index (χ2n) is 4.26. The third-order valence-corrected chi connectivity index (χ3v) is 2.87. The Morgan fingerprint density at radius 3 is 3.00 bits per heavy atom. The van der Waals surface area contributed by atoms with Gasteiger partial charge < -0.3 is 21.3 Å². The summed E-state index contributed by atoms with van der Waals surface area (Å²) in [5.41, 5.74) is 4.42. The van der Waals surface area contributed by atoms with Gasteiger partial charge >= 0.3 is 5.97 Å². The van der Waals surface area contributed by atoms with E-state index in [4.69, 9.17) is 10.8 Å². The largest absolute Gasteiger partial charge is 0.509 e. The Hall–Kier alpha value is -1.57. The smallest absolute Gasteiger partial charge is 0.329 e. The van der Waals surface area contributed by atoms with Gasteiger partial charge in [0.15, 0.2) is 0 Å². The Morgan fingerprint density at radius 2 is 2.41 bits per heavy atom. The molecule has 0 aromatic rings. The van der Waals surface area contributed by atoms with Crippen LogP contribution in [0, 0.1) is 0 Å². The highest BCUT2D eigenvalue weighted by Gasteiger charge is 2.37. The van der Waals surface area contributed by atoms with E-state index < -0.39 is 11.5 Å². The van der Waals surface area contributed by atoms with Crippen LogP contribution < -0.4 is 16.4 Å². The minimum atomic E-state index is -1.36. The number of carboxylic acids is 1. The van der Waals surface area contributed by atoms with Crippen LogP contribution in [0.2, 0.25) is 0 Å². The van der Waals surface area contributed by atoms with E-state index in [1.807, 2.05) is 4.90 Å². The van der Waals surface area contributed by atoms with Crippen molar-refractivity contribution >= 4 is 5.97 Å². The number of nitrogens with zero attached hydrogens (tertiary/aromatic N) is 1. The minimum Gasteiger partial charge on any atom is -0.509 e. The molecule has 2 atom stereocenters. The first-order valence-corrected chi connectivity index (χ1v) is 5.33. The summed E-state index contributed by atoms with van der Waals surface area (Å²) < 4.78 is 0. The van der Waals surface area contributed by atoms with Crippen molar-refractivity contribution in [3.05, 3.63) is 24.1 Å². The average molecular weight is 240 g/mol. The first-order chi connectivity index (χ1) is 8.01. The number of rotatable bonds is 2. The molecular formula is C10H16N4O3. The molecule has 0 amide bonds. The second kappa shape index (κ2) is 4.36. The number of hydrogen-bond donors (Lipinski definition) is 5. The molecule has 17 heavy (non-hydrogen) atoms. The summed E-state index contributed by atoms with van der Waals surface area (Å²) >= 11 is 0. The predicted molar refractivity (Wildman–Crippen MR) is 60.9 cm³/mol. The molecule has 0 aromatic carbocycles. The fourth-order valence-corrected chi connectivity index (χ4v) is 1.91. The van der Waals surface area contributed by atoms with Crippen molar-refractivity contribution in [1.29, 1.82) is 0 Å². The molecular weight excluding hydrogens is 224 g/mol. The van der Waals surface area contributed by atoms with Crippen molar-refractivity contribution in [2.75, 3.05) is 19.6 Å². The van der Waals surface area contributed by atoms with Crippen LogP contribution in [-0.4, -0.2) is 52.5 Å². The van der Waals surface area contributed by atoms with Crippen molar-refractivity contribution < 1.29 is 15.0 Å². The maximum atomic E-state index is 11.1. The monoisotopic (exact) mass is 240 g/mol. The molecule has 0 aliphatic carbocycles. The molecule has 0 fully saturated rings. The van der Waals surface area contributed by atoms with Crippen LogP contribution in [0.25, 0.3) is 0 Å². The fraction of sp³-hybridized carbons (Fsp3) is 0.500. The van der Waals surface area contributed by atoms with Gasteiger partial charge in [-0.2, -0.15) is 0 Å². The summed E-state index contributed by atoms with van der Waals surface area (Å²) in [6.45, 7) is 1.16. The zero-order chi connectivity index (χ0) is 12.5. The zero-order valence-corrected chi connectivity index (χ0v) is 9.26. The van der Waals surface area contributed by atoms with Crippen LogP contribution in [0.1, 0.15) is 0 Å². The average Bonchev–Trinajstić information content (AvgIpc) is 2.30. The Bertz CT molecular complexity index is 382. The number of aliphatic carboxylic acids is 1. The molecule has 7 nitrogen and oxygen atoms in total. The Balaban J connectivity index is 2.05. The van der Waals surface area contributed by atoms with Gasteiger partial charge in [-0.05, 0) is 0 Å². The van der Waals surface area contributed by atoms with Crippen LogP contribution >= 0.6 is 0 Å². The molecule has 0 spiro atoms. The third kappa shape index (κ3) is 2.41. The number of aliphatic hydroxyl groups excluding tert-OH is 1. The van der Waals surface area contributed by atoms with E-state index in [0.717, 1.165) is 0 Å². The van der Waals surface area contributed by atoms with Gasteiger partial charge in [-0.25, -0.2) is 4.79 Å². The molecule has 2 unspecified atom stereocenters. The van der Waals surface area contributed by atoms with Gasteiger partial charge in [0.1, 0.15) is 17.6 Å². The number of hydrogen-bond acceptors (Lipinski definition) is 6. The van der Waals surface area contributed by atoms with E-state index in [1.54, 1.807) is 6.08 Å². The van der Waals surface area contributed by atoms with E-state index in [2.05, 4.69) is 10.6 Å². The number of nitrogens with one attached hydrogen (secondary N) is 2. The van der Waals surface area contributed by atoms with Gasteiger partial charge in [0.2, 0.25) is 0 Å². The predicted octanol–water partition coefficient (Wildman–Crippen LogP) is -1.48. The lowest BCUT2D eigenvalue weighted by Gasteiger charge is -2.39. The first kappa shape index (κ1) is 11.9. The Labute approximate surface area is 98.6 Å². The zero-order valence-electron chi connectivity index (χ0n) is 9.26. The molecule has 0 saturated carbocycles. The number of carboxylic acid groups (broad SMARTS) is 1. The first-order valence-electron chi connectivity index (χ1n) is 5.33. The van der Waals surface area contributed by atoms with Gasteiger partial charge in [0.05, 0.1) is 6.54 Å². The van der Waals surface area contributed by atoms with Gasteiger partial charge in [-0.1, -0.05) is 12.2 Å². The minimum absolute atomic E-state index is 0.206. The normalized spacial score (nSPS) is 33.9. The van der Waals surface area contributed by atoms with Gasteiger partial charge in [0.25, 0.3) is 0 Å². The quantitative estimate of drug-likeness (QED) is 0.374. The van der Waals surface area contributed by atoms with E-state index in [-0.39, 0.29) is 18.6 Å². The lowest BCUT2D eigenvalue weighted by atomic mass is 9.97. The molecule has 6 N–H and O–H groups in total.